The van der Waals surface area contributed by atoms with Gasteiger partial charge in [0, 0.05) is 0 Å². The number of carbonyl (C=O) groups excluding carboxylic acids is 1. The van der Waals surface area contributed by atoms with Crippen LogP contribution in [0.2, 0.25) is 0 Å². The molecule has 13 heavy (non-hydrogen) atoms. The molecule has 0 fully saturated rings. The number of carboxylic acid groups (broad SMARTS) is 1. The number of rotatable bonds is 4. The maximum atomic E-state index is 10.8. The van der Waals surface area contributed by atoms with Crippen molar-refractivity contribution >= 4 is 12.0 Å². The molecule has 0 aliphatic carbocycles. The summed E-state index contributed by atoms with van der Waals surface area (Å²) in [7, 11) is 0. The quantitative estimate of drug-likeness (QED) is 0.396. The number of hydrogen-bond acceptors (Lipinski definition) is 3. The van der Waals surface area contributed by atoms with Gasteiger partial charge in [0.25, 0.3) is 0 Å². The van der Waals surface area contributed by atoms with Crippen LogP contribution in [-0.2, 0) is 4.79 Å². The van der Waals surface area contributed by atoms with Gasteiger partial charge < -0.3 is 20.8 Å². The van der Waals surface area contributed by atoms with Crippen molar-refractivity contribution in [2.45, 2.75) is 6.04 Å². The second kappa shape index (κ2) is 5.85. The number of hydrogen-bond donors (Lipinski definition) is 4. The summed E-state index contributed by atoms with van der Waals surface area (Å²) in [6.07, 6.45) is 4.84. The molecule has 0 aromatic heterocycles. The predicted molar refractivity (Wildman–Crippen MR) is 43.9 cm³/mol. The van der Waals surface area contributed by atoms with Crippen molar-refractivity contribution in [2.24, 2.45) is 0 Å². The molecule has 0 aliphatic rings. The fourth-order valence-corrected chi connectivity index (χ4v) is 0.526. The first-order valence-corrected chi connectivity index (χ1v) is 3.43. The molecule has 0 aromatic rings. The van der Waals surface area contributed by atoms with Gasteiger partial charge in [-0.25, -0.2) is 9.59 Å². The van der Waals surface area contributed by atoms with Crippen molar-refractivity contribution in [1.29, 1.82) is 0 Å². The second-order valence-electron chi connectivity index (χ2n) is 2.10. The standard InChI is InChI=1S/C7H10N2O4/c1-2-3-8-7(13)9-5(4-10)6(11)12/h1,5,10H,3-4H2,(H,11,12)(H2,8,9,13)/t5-/m1/s1. The lowest BCUT2D eigenvalue weighted by Crippen LogP contribution is -2.47. The second-order valence-corrected chi connectivity index (χ2v) is 2.10. The van der Waals surface area contributed by atoms with Crippen LogP contribution in [0.5, 0.6) is 0 Å². The van der Waals surface area contributed by atoms with Crippen molar-refractivity contribution in [2.75, 3.05) is 13.2 Å². The van der Waals surface area contributed by atoms with Gasteiger partial charge in [0.1, 0.15) is 0 Å². The maximum absolute atomic E-state index is 10.8. The summed E-state index contributed by atoms with van der Waals surface area (Å²) < 4.78 is 0. The van der Waals surface area contributed by atoms with Gasteiger partial charge in [-0.15, -0.1) is 6.42 Å². The van der Waals surface area contributed by atoms with E-state index in [2.05, 4.69) is 11.2 Å². The summed E-state index contributed by atoms with van der Waals surface area (Å²) in [6.45, 7) is -0.664. The Hall–Kier alpha value is -1.74. The number of carboxylic acids is 1. The summed E-state index contributed by atoms with van der Waals surface area (Å²) in [5, 5.41) is 21.1. The Kier molecular flexibility index (Phi) is 5.07. The highest BCUT2D eigenvalue weighted by Gasteiger charge is 2.17. The highest BCUT2D eigenvalue weighted by atomic mass is 16.4. The van der Waals surface area contributed by atoms with E-state index < -0.39 is 24.6 Å². The van der Waals surface area contributed by atoms with Crippen molar-refractivity contribution in [3.05, 3.63) is 0 Å². The number of aliphatic carboxylic acids is 1. The maximum Gasteiger partial charge on any atom is 0.328 e. The molecule has 4 N–H and O–H groups in total. The lowest BCUT2D eigenvalue weighted by molar-refractivity contribution is -0.140. The summed E-state index contributed by atoms with van der Waals surface area (Å²) in [5.74, 6) is 0.830. The van der Waals surface area contributed by atoms with Gasteiger partial charge in [0.15, 0.2) is 6.04 Å². The first-order valence-electron chi connectivity index (χ1n) is 3.43. The molecule has 0 saturated heterocycles. The zero-order chi connectivity index (χ0) is 10.3. The normalized spacial score (nSPS) is 11.1. The van der Waals surface area contributed by atoms with E-state index in [-0.39, 0.29) is 6.54 Å². The minimum atomic E-state index is -1.31. The number of carbonyl (C=O) groups is 2. The SMILES string of the molecule is C#CCNC(=O)N[C@H](CO)C(=O)O. The van der Waals surface area contributed by atoms with Crippen LogP contribution < -0.4 is 10.6 Å². The van der Waals surface area contributed by atoms with E-state index in [1.165, 1.54) is 0 Å². The van der Waals surface area contributed by atoms with Crippen LogP contribution in [0, 0.1) is 12.3 Å². The molecule has 0 bridgehead atoms. The molecular formula is C7H10N2O4. The van der Waals surface area contributed by atoms with Gasteiger partial charge in [0.05, 0.1) is 13.2 Å². The third kappa shape index (κ3) is 4.66. The minimum absolute atomic E-state index is 0.00357. The smallest absolute Gasteiger partial charge is 0.328 e. The van der Waals surface area contributed by atoms with Crippen molar-refractivity contribution in [3.63, 3.8) is 0 Å². The predicted octanol–water partition coefficient (Wildman–Crippen LogP) is -1.64. The molecule has 0 heterocycles. The van der Waals surface area contributed by atoms with Gasteiger partial charge >= 0.3 is 12.0 Å². The number of amides is 2. The van der Waals surface area contributed by atoms with Gasteiger partial charge in [0.2, 0.25) is 0 Å². The Morgan fingerprint density at radius 3 is 2.54 bits per heavy atom. The van der Waals surface area contributed by atoms with E-state index >= 15 is 0 Å². The molecular weight excluding hydrogens is 176 g/mol. The molecule has 1 atom stereocenters. The summed E-state index contributed by atoms with van der Waals surface area (Å²) in [5.41, 5.74) is 0. The van der Waals surface area contributed by atoms with E-state index in [9.17, 15) is 9.59 Å². The zero-order valence-corrected chi connectivity index (χ0v) is 6.78. The van der Waals surface area contributed by atoms with E-state index in [1.54, 1.807) is 0 Å². The van der Waals surface area contributed by atoms with Crippen molar-refractivity contribution in [1.82, 2.24) is 10.6 Å². The first kappa shape index (κ1) is 11.3. The van der Waals surface area contributed by atoms with Gasteiger partial charge in [-0.05, 0) is 0 Å². The largest absolute Gasteiger partial charge is 0.480 e. The van der Waals surface area contributed by atoms with Crippen LogP contribution in [0.25, 0.3) is 0 Å². The van der Waals surface area contributed by atoms with Gasteiger partial charge in [-0.2, -0.15) is 0 Å². The van der Waals surface area contributed by atoms with Gasteiger partial charge in [-0.3, -0.25) is 0 Å². The van der Waals surface area contributed by atoms with E-state index in [0.29, 0.717) is 0 Å². The average Bonchev–Trinajstić information content (AvgIpc) is 2.10. The number of nitrogens with one attached hydrogen (secondary N) is 2. The molecule has 0 aromatic carbocycles. The molecule has 0 rings (SSSR count). The molecule has 6 nitrogen and oxygen atoms in total. The number of terminal acetylenes is 1. The topological polar surface area (TPSA) is 98.7 Å². The molecule has 0 radical (unpaired) electrons. The zero-order valence-electron chi connectivity index (χ0n) is 6.78. The fraction of sp³-hybridized carbons (Fsp3) is 0.429. The average molecular weight is 186 g/mol. The van der Waals surface area contributed by atoms with Crippen LogP contribution >= 0.6 is 0 Å². The van der Waals surface area contributed by atoms with E-state index in [4.69, 9.17) is 16.6 Å². The van der Waals surface area contributed by atoms with Crippen molar-refractivity contribution < 1.29 is 19.8 Å². The van der Waals surface area contributed by atoms with E-state index in [1.807, 2.05) is 5.32 Å². The molecule has 72 valence electrons. The fourth-order valence-electron chi connectivity index (χ4n) is 0.526. The van der Waals surface area contributed by atoms with Crippen LogP contribution in [0.15, 0.2) is 0 Å². The molecule has 6 heteroatoms. The highest BCUT2D eigenvalue weighted by Crippen LogP contribution is 1.81. The molecule has 2 amide bonds. The summed E-state index contributed by atoms with van der Waals surface area (Å²) >= 11 is 0. The summed E-state index contributed by atoms with van der Waals surface area (Å²) in [6, 6.07) is -2.03. The molecule has 0 saturated carbocycles. The summed E-state index contributed by atoms with van der Waals surface area (Å²) in [4.78, 5) is 21.1. The molecule has 0 spiro atoms. The monoisotopic (exact) mass is 186 g/mol. The van der Waals surface area contributed by atoms with Gasteiger partial charge in [-0.1, -0.05) is 5.92 Å². The van der Waals surface area contributed by atoms with Crippen LogP contribution in [0.4, 0.5) is 4.79 Å². The Morgan fingerprint density at radius 2 is 2.15 bits per heavy atom. The van der Waals surface area contributed by atoms with E-state index in [0.717, 1.165) is 0 Å². The lowest BCUT2D eigenvalue weighted by Gasteiger charge is -2.11. The Balaban J connectivity index is 3.88. The van der Waals surface area contributed by atoms with Crippen LogP contribution in [0.3, 0.4) is 0 Å². The Bertz CT molecular complexity index is 233. The minimum Gasteiger partial charge on any atom is -0.480 e. The third-order valence-electron chi connectivity index (χ3n) is 1.14. The number of aliphatic hydroxyl groups excluding tert-OH is 1. The Morgan fingerprint density at radius 1 is 1.54 bits per heavy atom. The van der Waals surface area contributed by atoms with Crippen LogP contribution in [0.1, 0.15) is 0 Å². The lowest BCUT2D eigenvalue weighted by atomic mass is 10.3. The first-order chi connectivity index (χ1) is 6.11. The molecule has 0 aliphatic heterocycles. The Labute approximate surface area is 74.9 Å². The number of aliphatic hydroxyl groups is 1. The molecule has 0 unspecified atom stereocenters. The van der Waals surface area contributed by atoms with Crippen molar-refractivity contribution in [3.8, 4) is 12.3 Å². The number of urea groups is 1. The van der Waals surface area contributed by atoms with Crippen LogP contribution in [-0.4, -0.2) is 41.4 Å². The third-order valence-corrected chi connectivity index (χ3v) is 1.14. The highest BCUT2D eigenvalue weighted by molar-refractivity contribution is 5.82.